The fourth-order valence-corrected chi connectivity index (χ4v) is 3.90. The number of rotatable bonds is 4. The number of amides is 1. The molecule has 3 heterocycles. The zero-order chi connectivity index (χ0) is 15.8. The molecule has 2 aliphatic rings. The van der Waals surface area contributed by atoms with E-state index in [1.165, 1.54) is 0 Å². The highest BCUT2D eigenvalue weighted by atomic mass is 35.5. The molecule has 2 fully saturated rings. The van der Waals surface area contributed by atoms with E-state index in [1.54, 1.807) is 0 Å². The number of likely N-dealkylation sites (tertiary alicyclic amines) is 1. The number of imidazole rings is 1. The van der Waals surface area contributed by atoms with Crippen molar-refractivity contribution in [1.82, 2.24) is 20.2 Å². The van der Waals surface area contributed by atoms with Crippen LogP contribution < -0.4 is 11.0 Å². The van der Waals surface area contributed by atoms with Gasteiger partial charge in [0, 0.05) is 32.6 Å². The average molecular weight is 351 g/mol. The summed E-state index contributed by atoms with van der Waals surface area (Å²) in [6.45, 7) is 3.97. The van der Waals surface area contributed by atoms with Crippen molar-refractivity contribution in [3.63, 3.8) is 0 Å². The maximum absolute atomic E-state index is 12.3. The van der Waals surface area contributed by atoms with Crippen LogP contribution in [-0.2, 0) is 11.2 Å². The molecule has 7 heteroatoms. The second kappa shape index (κ2) is 6.99. The molecule has 1 aromatic heterocycles. The summed E-state index contributed by atoms with van der Waals surface area (Å²) in [4.78, 5) is 31.2. The Hall–Kier alpha value is -1.79. The molecule has 2 atom stereocenters. The number of nitrogens with one attached hydrogen (secondary N) is 3. The minimum absolute atomic E-state index is 0. The van der Waals surface area contributed by atoms with E-state index in [0.29, 0.717) is 18.3 Å². The van der Waals surface area contributed by atoms with Gasteiger partial charge in [0.15, 0.2) is 0 Å². The van der Waals surface area contributed by atoms with Gasteiger partial charge in [-0.05, 0) is 42.4 Å². The topological polar surface area (TPSA) is 81.0 Å². The quantitative estimate of drug-likeness (QED) is 0.777. The van der Waals surface area contributed by atoms with Crippen LogP contribution in [0.15, 0.2) is 23.0 Å². The Balaban J connectivity index is 0.00000169. The van der Waals surface area contributed by atoms with Gasteiger partial charge in [-0.1, -0.05) is 6.07 Å². The van der Waals surface area contributed by atoms with Crippen molar-refractivity contribution in [2.75, 3.05) is 26.2 Å². The zero-order valence-corrected chi connectivity index (χ0v) is 14.3. The third-order valence-corrected chi connectivity index (χ3v) is 5.18. The molecule has 0 unspecified atom stereocenters. The minimum Gasteiger partial charge on any atom is -0.342 e. The first-order valence-corrected chi connectivity index (χ1v) is 8.38. The molecule has 130 valence electrons. The number of halogens is 1. The molecule has 0 saturated carbocycles. The van der Waals surface area contributed by atoms with Crippen LogP contribution in [0.1, 0.15) is 18.4 Å². The second-order valence-corrected chi connectivity index (χ2v) is 6.79. The average Bonchev–Trinajstić information content (AvgIpc) is 3.19. The zero-order valence-electron chi connectivity index (χ0n) is 13.5. The number of carbonyl (C=O) groups is 1. The molecule has 0 spiro atoms. The molecule has 2 aromatic rings. The van der Waals surface area contributed by atoms with Crippen LogP contribution in [0.3, 0.4) is 0 Å². The van der Waals surface area contributed by atoms with Crippen molar-refractivity contribution < 1.29 is 4.79 Å². The van der Waals surface area contributed by atoms with E-state index >= 15 is 0 Å². The van der Waals surface area contributed by atoms with Crippen LogP contribution in [0.2, 0.25) is 0 Å². The van der Waals surface area contributed by atoms with Crippen LogP contribution in [0.4, 0.5) is 0 Å². The van der Waals surface area contributed by atoms with E-state index in [9.17, 15) is 9.59 Å². The largest absolute Gasteiger partial charge is 0.342 e. The molecule has 0 aliphatic carbocycles. The van der Waals surface area contributed by atoms with Gasteiger partial charge in [0.2, 0.25) is 5.91 Å². The summed E-state index contributed by atoms with van der Waals surface area (Å²) in [5, 5.41) is 3.40. The smallest absolute Gasteiger partial charge is 0.323 e. The Morgan fingerprint density at radius 2 is 1.83 bits per heavy atom. The Bertz CT molecular complexity index is 772. The molecule has 2 saturated heterocycles. The van der Waals surface area contributed by atoms with Gasteiger partial charge in [0.05, 0.1) is 11.0 Å². The van der Waals surface area contributed by atoms with E-state index in [2.05, 4.69) is 15.3 Å². The molecule has 1 aromatic carbocycles. The molecule has 24 heavy (non-hydrogen) atoms. The maximum atomic E-state index is 12.3. The van der Waals surface area contributed by atoms with E-state index < -0.39 is 0 Å². The number of aryl methyl sites for hydroxylation is 1. The molecule has 3 N–H and O–H groups in total. The van der Waals surface area contributed by atoms with Crippen molar-refractivity contribution in [1.29, 1.82) is 0 Å². The van der Waals surface area contributed by atoms with Crippen LogP contribution in [0, 0.1) is 11.8 Å². The molecule has 6 nitrogen and oxygen atoms in total. The number of H-pyrrole nitrogens is 2. The molecule has 4 rings (SSSR count). The molecular formula is C17H23ClN4O2. The lowest BCUT2D eigenvalue weighted by Gasteiger charge is -2.17. The van der Waals surface area contributed by atoms with Gasteiger partial charge in [-0.2, -0.15) is 0 Å². The van der Waals surface area contributed by atoms with Crippen LogP contribution >= 0.6 is 12.4 Å². The fraction of sp³-hybridized carbons (Fsp3) is 0.529. The Kier molecular flexibility index (Phi) is 4.96. The number of fused-ring (bicyclic) bond motifs is 2. The number of hydrogen-bond donors (Lipinski definition) is 3. The van der Waals surface area contributed by atoms with Gasteiger partial charge < -0.3 is 20.2 Å². The van der Waals surface area contributed by atoms with E-state index in [4.69, 9.17) is 0 Å². The first-order valence-electron chi connectivity index (χ1n) is 8.38. The number of carbonyl (C=O) groups excluding carboxylic acids is 1. The van der Waals surface area contributed by atoms with Crippen molar-refractivity contribution >= 4 is 29.3 Å². The van der Waals surface area contributed by atoms with Gasteiger partial charge in [-0.15, -0.1) is 12.4 Å². The van der Waals surface area contributed by atoms with Gasteiger partial charge in [0.25, 0.3) is 0 Å². The molecular weight excluding hydrogens is 328 g/mol. The van der Waals surface area contributed by atoms with Crippen molar-refractivity contribution in [2.24, 2.45) is 11.8 Å². The number of benzene rings is 1. The summed E-state index contributed by atoms with van der Waals surface area (Å²) < 4.78 is 0. The van der Waals surface area contributed by atoms with Crippen molar-refractivity contribution in [3.05, 3.63) is 34.2 Å². The van der Waals surface area contributed by atoms with Crippen molar-refractivity contribution in [2.45, 2.75) is 19.3 Å². The Morgan fingerprint density at radius 3 is 2.58 bits per heavy atom. The number of nitrogens with zero attached hydrogens (tertiary/aromatic N) is 1. The van der Waals surface area contributed by atoms with Crippen LogP contribution in [0.25, 0.3) is 11.0 Å². The first kappa shape index (κ1) is 17.0. The van der Waals surface area contributed by atoms with E-state index in [0.717, 1.165) is 55.6 Å². The standard InChI is InChI=1S/C17H22N4O2.ClH/c22-16(21-9-12-7-18-8-13(12)10-21)3-1-2-11-4-5-14-15(6-11)20-17(23)19-14;/h4-6,12-13,18H,1-3,7-10H2,(H2,19,20,23);1H/t12-,13+;. The lowest BCUT2D eigenvalue weighted by Crippen LogP contribution is -2.31. The SMILES string of the molecule is Cl.O=C(CCCc1ccc2[nH]c(=O)[nH]c2c1)N1C[C@H]2CNC[C@H]2C1. The van der Waals surface area contributed by atoms with Gasteiger partial charge in [-0.25, -0.2) is 4.79 Å². The Morgan fingerprint density at radius 1 is 1.12 bits per heavy atom. The Labute approximate surface area is 146 Å². The number of aromatic nitrogens is 2. The summed E-state index contributed by atoms with van der Waals surface area (Å²) in [6.07, 6.45) is 2.31. The third kappa shape index (κ3) is 3.35. The minimum atomic E-state index is -0.179. The van der Waals surface area contributed by atoms with Gasteiger partial charge >= 0.3 is 5.69 Å². The second-order valence-electron chi connectivity index (χ2n) is 6.79. The molecule has 0 radical (unpaired) electrons. The lowest BCUT2D eigenvalue weighted by molar-refractivity contribution is -0.130. The summed E-state index contributed by atoms with van der Waals surface area (Å²) in [7, 11) is 0. The lowest BCUT2D eigenvalue weighted by atomic mass is 10.0. The summed E-state index contributed by atoms with van der Waals surface area (Å²) in [5.41, 5.74) is 2.63. The predicted octanol–water partition coefficient (Wildman–Crippen LogP) is 1.28. The summed E-state index contributed by atoms with van der Waals surface area (Å²) >= 11 is 0. The maximum Gasteiger partial charge on any atom is 0.323 e. The normalized spacial score (nSPS) is 22.6. The summed E-state index contributed by atoms with van der Waals surface area (Å²) in [5.74, 6) is 1.61. The van der Waals surface area contributed by atoms with E-state index in [-0.39, 0.29) is 24.0 Å². The molecule has 2 aliphatic heterocycles. The number of hydrogen-bond acceptors (Lipinski definition) is 3. The highest BCUT2D eigenvalue weighted by molar-refractivity contribution is 5.85. The highest BCUT2D eigenvalue weighted by Crippen LogP contribution is 2.26. The predicted molar refractivity (Wildman–Crippen MR) is 95.5 cm³/mol. The van der Waals surface area contributed by atoms with Crippen molar-refractivity contribution in [3.8, 4) is 0 Å². The van der Waals surface area contributed by atoms with Gasteiger partial charge in [-0.3, -0.25) is 4.79 Å². The highest BCUT2D eigenvalue weighted by Gasteiger charge is 2.37. The fourth-order valence-electron chi connectivity index (χ4n) is 3.90. The molecule has 1 amide bonds. The van der Waals surface area contributed by atoms with Gasteiger partial charge in [0.1, 0.15) is 0 Å². The monoisotopic (exact) mass is 350 g/mol. The third-order valence-electron chi connectivity index (χ3n) is 5.18. The van der Waals surface area contributed by atoms with E-state index in [1.807, 2.05) is 23.1 Å². The molecule has 0 bridgehead atoms. The first-order chi connectivity index (χ1) is 11.2. The van der Waals surface area contributed by atoms with Crippen LogP contribution in [-0.4, -0.2) is 47.0 Å². The number of aromatic amines is 2. The summed E-state index contributed by atoms with van der Waals surface area (Å²) in [6, 6.07) is 5.92. The van der Waals surface area contributed by atoms with Crippen LogP contribution in [0.5, 0.6) is 0 Å².